The summed E-state index contributed by atoms with van der Waals surface area (Å²) in [6, 6.07) is 12.1. The Labute approximate surface area is 99.8 Å². The maximum atomic E-state index is 13.2. The summed E-state index contributed by atoms with van der Waals surface area (Å²) in [5.41, 5.74) is 8.22. The summed E-state index contributed by atoms with van der Waals surface area (Å²) in [4.78, 5) is 0. The highest BCUT2D eigenvalue weighted by molar-refractivity contribution is 5.70. The van der Waals surface area contributed by atoms with Crippen LogP contribution in [0.5, 0.6) is 5.75 Å². The van der Waals surface area contributed by atoms with E-state index in [0.29, 0.717) is 12.3 Å². The van der Waals surface area contributed by atoms with Crippen LogP contribution in [0.3, 0.4) is 0 Å². The lowest BCUT2D eigenvalue weighted by Gasteiger charge is -2.10. The monoisotopic (exact) mass is 231 g/mol. The summed E-state index contributed by atoms with van der Waals surface area (Å²) in [6.45, 7) is 0.458. The third-order valence-corrected chi connectivity index (χ3v) is 2.64. The van der Waals surface area contributed by atoms with Crippen LogP contribution >= 0.6 is 0 Å². The SMILES string of the molecule is COc1cc(CN)ccc1-c1cccc(F)c1. The zero-order chi connectivity index (χ0) is 12.3. The second-order valence-electron chi connectivity index (χ2n) is 3.75. The fourth-order valence-corrected chi connectivity index (χ4v) is 1.76. The molecule has 2 N–H and O–H groups in total. The Morgan fingerprint density at radius 1 is 1.18 bits per heavy atom. The number of rotatable bonds is 3. The van der Waals surface area contributed by atoms with Crippen LogP contribution in [0.1, 0.15) is 5.56 Å². The van der Waals surface area contributed by atoms with Gasteiger partial charge in [0.1, 0.15) is 11.6 Å². The highest BCUT2D eigenvalue weighted by Crippen LogP contribution is 2.31. The third-order valence-electron chi connectivity index (χ3n) is 2.64. The van der Waals surface area contributed by atoms with Crippen LogP contribution in [0.15, 0.2) is 42.5 Å². The zero-order valence-electron chi connectivity index (χ0n) is 9.61. The van der Waals surface area contributed by atoms with E-state index < -0.39 is 0 Å². The van der Waals surface area contributed by atoms with Gasteiger partial charge < -0.3 is 10.5 Å². The van der Waals surface area contributed by atoms with Gasteiger partial charge in [0.2, 0.25) is 0 Å². The van der Waals surface area contributed by atoms with Crippen LogP contribution in [-0.2, 0) is 6.54 Å². The van der Waals surface area contributed by atoms with E-state index in [-0.39, 0.29) is 5.82 Å². The molecule has 0 aliphatic heterocycles. The van der Waals surface area contributed by atoms with Crippen LogP contribution < -0.4 is 10.5 Å². The maximum Gasteiger partial charge on any atom is 0.127 e. The van der Waals surface area contributed by atoms with Crippen molar-refractivity contribution in [3.8, 4) is 16.9 Å². The van der Waals surface area contributed by atoms with Gasteiger partial charge in [-0.1, -0.05) is 24.3 Å². The van der Waals surface area contributed by atoms with Gasteiger partial charge in [-0.2, -0.15) is 0 Å². The van der Waals surface area contributed by atoms with Gasteiger partial charge in [-0.3, -0.25) is 0 Å². The van der Waals surface area contributed by atoms with Crippen molar-refractivity contribution in [2.24, 2.45) is 5.73 Å². The van der Waals surface area contributed by atoms with E-state index in [9.17, 15) is 4.39 Å². The standard InChI is InChI=1S/C14H14FNO/c1-17-14-7-10(9-16)5-6-13(14)11-3-2-4-12(15)8-11/h2-8H,9,16H2,1H3. The first-order chi connectivity index (χ1) is 8.24. The molecule has 0 unspecified atom stereocenters. The van der Waals surface area contributed by atoms with Crippen molar-refractivity contribution in [1.29, 1.82) is 0 Å². The van der Waals surface area contributed by atoms with Gasteiger partial charge in [-0.05, 0) is 29.3 Å². The minimum absolute atomic E-state index is 0.257. The molecule has 0 saturated heterocycles. The molecule has 2 aromatic rings. The molecule has 0 atom stereocenters. The van der Waals surface area contributed by atoms with Crippen molar-refractivity contribution in [3.05, 3.63) is 53.8 Å². The number of hydrogen-bond donors (Lipinski definition) is 1. The Balaban J connectivity index is 2.51. The van der Waals surface area contributed by atoms with Crippen LogP contribution in [0.25, 0.3) is 11.1 Å². The van der Waals surface area contributed by atoms with Crippen molar-refractivity contribution in [2.75, 3.05) is 7.11 Å². The normalized spacial score (nSPS) is 10.3. The Bertz CT molecular complexity index is 525. The van der Waals surface area contributed by atoms with E-state index in [4.69, 9.17) is 10.5 Å². The fourth-order valence-electron chi connectivity index (χ4n) is 1.76. The van der Waals surface area contributed by atoms with Crippen molar-refractivity contribution in [1.82, 2.24) is 0 Å². The number of methoxy groups -OCH3 is 1. The second kappa shape index (κ2) is 4.97. The first-order valence-corrected chi connectivity index (χ1v) is 5.37. The van der Waals surface area contributed by atoms with Gasteiger partial charge in [0.05, 0.1) is 7.11 Å². The molecule has 0 heterocycles. The third kappa shape index (κ3) is 2.45. The van der Waals surface area contributed by atoms with Crippen LogP contribution in [0.4, 0.5) is 4.39 Å². The van der Waals surface area contributed by atoms with Crippen LogP contribution in [-0.4, -0.2) is 7.11 Å². The van der Waals surface area contributed by atoms with Crippen molar-refractivity contribution in [3.63, 3.8) is 0 Å². The highest BCUT2D eigenvalue weighted by Gasteiger charge is 2.07. The number of benzene rings is 2. The zero-order valence-corrected chi connectivity index (χ0v) is 9.61. The number of nitrogens with two attached hydrogens (primary N) is 1. The molecular weight excluding hydrogens is 217 g/mol. The van der Waals surface area contributed by atoms with Crippen molar-refractivity contribution < 1.29 is 9.13 Å². The molecule has 2 aromatic carbocycles. The summed E-state index contributed by atoms with van der Waals surface area (Å²) < 4.78 is 18.5. The first kappa shape index (κ1) is 11.6. The highest BCUT2D eigenvalue weighted by atomic mass is 19.1. The molecule has 0 bridgehead atoms. The minimum Gasteiger partial charge on any atom is -0.496 e. The number of ether oxygens (including phenoxy) is 1. The minimum atomic E-state index is -0.257. The Morgan fingerprint density at radius 3 is 2.65 bits per heavy atom. The fraction of sp³-hybridized carbons (Fsp3) is 0.143. The largest absolute Gasteiger partial charge is 0.496 e. The van der Waals surface area contributed by atoms with Crippen molar-refractivity contribution in [2.45, 2.75) is 6.54 Å². The predicted molar refractivity (Wildman–Crippen MR) is 66.3 cm³/mol. The molecule has 0 amide bonds. The van der Waals surface area contributed by atoms with Gasteiger partial charge in [0, 0.05) is 12.1 Å². The molecule has 2 nitrogen and oxygen atoms in total. The molecule has 0 fully saturated rings. The van der Waals surface area contributed by atoms with E-state index >= 15 is 0 Å². The summed E-state index contributed by atoms with van der Waals surface area (Å²) in [5.74, 6) is 0.450. The Morgan fingerprint density at radius 2 is 2.00 bits per heavy atom. The second-order valence-corrected chi connectivity index (χ2v) is 3.75. The van der Waals surface area contributed by atoms with Crippen LogP contribution in [0, 0.1) is 5.82 Å². The lowest BCUT2D eigenvalue weighted by Crippen LogP contribution is -1.97. The topological polar surface area (TPSA) is 35.2 Å². The molecule has 0 aliphatic carbocycles. The average molecular weight is 231 g/mol. The summed E-state index contributed by atoms with van der Waals surface area (Å²) in [5, 5.41) is 0. The van der Waals surface area contributed by atoms with Gasteiger partial charge >= 0.3 is 0 Å². The average Bonchev–Trinajstić information content (AvgIpc) is 2.38. The molecule has 3 heteroatoms. The van der Waals surface area contributed by atoms with E-state index in [1.54, 1.807) is 13.2 Å². The molecule has 0 saturated carbocycles. The molecule has 0 aliphatic rings. The van der Waals surface area contributed by atoms with Gasteiger partial charge in [-0.15, -0.1) is 0 Å². The lowest BCUT2D eigenvalue weighted by atomic mass is 10.0. The van der Waals surface area contributed by atoms with Crippen LogP contribution in [0.2, 0.25) is 0 Å². The molecule has 0 spiro atoms. The van der Waals surface area contributed by atoms with E-state index in [1.807, 2.05) is 24.3 Å². The maximum absolute atomic E-state index is 13.2. The molecule has 0 aromatic heterocycles. The first-order valence-electron chi connectivity index (χ1n) is 5.37. The van der Waals surface area contributed by atoms with Gasteiger partial charge in [-0.25, -0.2) is 4.39 Å². The van der Waals surface area contributed by atoms with Gasteiger partial charge in [0.15, 0.2) is 0 Å². The quantitative estimate of drug-likeness (QED) is 0.881. The predicted octanol–water partition coefficient (Wildman–Crippen LogP) is 2.96. The summed E-state index contributed by atoms with van der Waals surface area (Å²) in [7, 11) is 1.60. The molecule has 2 rings (SSSR count). The molecule has 0 radical (unpaired) electrons. The van der Waals surface area contributed by atoms with E-state index in [0.717, 1.165) is 16.7 Å². The van der Waals surface area contributed by atoms with Crippen molar-refractivity contribution >= 4 is 0 Å². The molecular formula is C14H14FNO. The number of hydrogen-bond acceptors (Lipinski definition) is 2. The molecule has 88 valence electrons. The summed E-state index contributed by atoms with van der Waals surface area (Å²) >= 11 is 0. The lowest BCUT2D eigenvalue weighted by molar-refractivity contribution is 0.416. The van der Waals surface area contributed by atoms with E-state index in [1.165, 1.54) is 12.1 Å². The Kier molecular flexibility index (Phi) is 3.40. The van der Waals surface area contributed by atoms with E-state index in [2.05, 4.69) is 0 Å². The molecule has 17 heavy (non-hydrogen) atoms. The Hall–Kier alpha value is -1.87. The smallest absolute Gasteiger partial charge is 0.127 e. The summed E-state index contributed by atoms with van der Waals surface area (Å²) in [6.07, 6.45) is 0. The number of halogens is 1. The van der Waals surface area contributed by atoms with Gasteiger partial charge in [0.25, 0.3) is 0 Å².